The zero-order valence-corrected chi connectivity index (χ0v) is 12.0. The van der Waals surface area contributed by atoms with Crippen molar-refractivity contribution in [3.05, 3.63) is 28.8 Å². The molecule has 0 saturated carbocycles. The third-order valence-corrected chi connectivity index (χ3v) is 4.26. The van der Waals surface area contributed by atoms with Gasteiger partial charge in [0.05, 0.1) is 16.1 Å². The van der Waals surface area contributed by atoms with Crippen LogP contribution in [0.15, 0.2) is 18.2 Å². The van der Waals surface area contributed by atoms with Crippen LogP contribution < -0.4 is 5.73 Å². The lowest BCUT2D eigenvalue weighted by molar-refractivity contribution is -0.150. The molecule has 0 radical (unpaired) electrons. The molecule has 108 valence electrons. The van der Waals surface area contributed by atoms with Crippen LogP contribution in [-0.4, -0.2) is 35.0 Å². The molecule has 5 nitrogen and oxygen atoms in total. The monoisotopic (exact) mass is 296 g/mol. The number of nitrogens with zero attached hydrogens (tertiary/aromatic N) is 1. The van der Waals surface area contributed by atoms with Gasteiger partial charge in [0.25, 0.3) is 5.91 Å². The number of amides is 1. The largest absolute Gasteiger partial charge is 0.481 e. The van der Waals surface area contributed by atoms with Gasteiger partial charge in [-0.15, -0.1) is 0 Å². The third-order valence-electron chi connectivity index (χ3n) is 3.91. The molecular weight excluding hydrogens is 280 g/mol. The summed E-state index contributed by atoms with van der Waals surface area (Å²) in [6.07, 6.45) is 0.911. The van der Waals surface area contributed by atoms with Gasteiger partial charge >= 0.3 is 5.97 Å². The second-order valence-corrected chi connectivity index (χ2v) is 5.80. The molecule has 1 amide bonds. The third kappa shape index (κ3) is 2.72. The van der Waals surface area contributed by atoms with Crippen molar-refractivity contribution in [3.8, 4) is 0 Å². The number of benzene rings is 1. The number of nitrogen functional groups attached to an aromatic ring is 1. The van der Waals surface area contributed by atoms with Gasteiger partial charge in [0, 0.05) is 18.7 Å². The van der Waals surface area contributed by atoms with Gasteiger partial charge in [-0.1, -0.05) is 11.6 Å². The fourth-order valence-electron chi connectivity index (χ4n) is 2.28. The van der Waals surface area contributed by atoms with E-state index in [0.717, 1.165) is 0 Å². The quantitative estimate of drug-likeness (QED) is 0.820. The summed E-state index contributed by atoms with van der Waals surface area (Å²) in [6.45, 7) is 2.59. The van der Waals surface area contributed by atoms with Gasteiger partial charge in [-0.25, -0.2) is 0 Å². The molecule has 3 N–H and O–H groups in total. The van der Waals surface area contributed by atoms with Gasteiger partial charge in [-0.2, -0.15) is 0 Å². The van der Waals surface area contributed by atoms with E-state index >= 15 is 0 Å². The average molecular weight is 297 g/mol. The standard InChI is InChI=1S/C14H17ClN2O3/c1-14(13(19)20)4-6-17(7-5-14)12(18)9-2-3-10(15)11(16)8-9/h2-3,8H,4-7,16H2,1H3,(H,19,20). The normalized spacial score (nSPS) is 17.8. The zero-order valence-electron chi connectivity index (χ0n) is 11.2. The SMILES string of the molecule is CC1(C(=O)O)CCN(C(=O)c2ccc(Cl)c(N)c2)CC1. The van der Waals surface area contributed by atoms with Gasteiger partial charge < -0.3 is 15.7 Å². The summed E-state index contributed by atoms with van der Waals surface area (Å²) < 4.78 is 0. The number of hydrogen-bond acceptors (Lipinski definition) is 3. The number of carboxylic acid groups (broad SMARTS) is 1. The number of rotatable bonds is 2. The molecule has 0 bridgehead atoms. The van der Waals surface area contributed by atoms with Crippen LogP contribution in [0.25, 0.3) is 0 Å². The lowest BCUT2D eigenvalue weighted by Crippen LogP contribution is -2.45. The predicted octanol–water partition coefficient (Wildman–Crippen LogP) is 2.25. The number of likely N-dealkylation sites (tertiary alicyclic amines) is 1. The fraction of sp³-hybridized carbons (Fsp3) is 0.429. The predicted molar refractivity (Wildman–Crippen MR) is 76.7 cm³/mol. The molecule has 0 spiro atoms. The minimum Gasteiger partial charge on any atom is -0.481 e. The molecule has 6 heteroatoms. The van der Waals surface area contributed by atoms with Crippen LogP contribution in [0.3, 0.4) is 0 Å². The van der Waals surface area contributed by atoms with Crippen LogP contribution in [-0.2, 0) is 4.79 Å². The van der Waals surface area contributed by atoms with Gasteiger partial charge in [-0.05, 0) is 38.0 Å². The van der Waals surface area contributed by atoms with Gasteiger partial charge in [-0.3, -0.25) is 9.59 Å². The number of carbonyl (C=O) groups is 2. The van der Waals surface area contributed by atoms with Crippen molar-refractivity contribution in [2.75, 3.05) is 18.8 Å². The van der Waals surface area contributed by atoms with Crippen molar-refractivity contribution in [2.45, 2.75) is 19.8 Å². The van der Waals surface area contributed by atoms with Crippen LogP contribution in [0.1, 0.15) is 30.1 Å². The summed E-state index contributed by atoms with van der Waals surface area (Å²) in [5, 5.41) is 9.59. The van der Waals surface area contributed by atoms with Crippen LogP contribution in [0.5, 0.6) is 0 Å². The Hall–Kier alpha value is -1.75. The maximum Gasteiger partial charge on any atom is 0.309 e. The van der Waals surface area contributed by atoms with Crippen molar-refractivity contribution >= 4 is 29.2 Å². The van der Waals surface area contributed by atoms with E-state index < -0.39 is 11.4 Å². The minimum absolute atomic E-state index is 0.138. The van der Waals surface area contributed by atoms with E-state index in [1.807, 2.05) is 0 Å². The Labute approximate surface area is 122 Å². The number of hydrogen-bond donors (Lipinski definition) is 2. The van der Waals surface area contributed by atoms with Crippen molar-refractivity contribution in [1.82, 2.24) is 4.90 Å². The summed E-state index contributed by atoms with van der Waals surface area (Å²) in [4.78, 5) is 25.2. The van der Waals surface area contributed by atoms with Crippen molar-refractivity contribution < 1.29 is 14.7 Å². The Kier molecular flexibility index (Phi) is 3.90. The van der Waals surface area contributed by atoms with E-state index in [1.54, 1.807) is 30.0 Å². The lowest BCUT2D eigenvalue weighted by atomic mass is 9.80. The molecule has 0 aromatic heterocycles. The molecule has 1 aliphatic heterocycles. The van der Waals surface area contributed by atoms with Crippen LogP contribution >= 0.6 is 11.6 Å². The maximum atomic E-state index is 12.3. The molecule has 20 heavy (non-hydrogen) atoms. The zero-order chi connectivity index (χ0) is 14.9. The van der Waals surface area contributed by atoms with Crippen LogP contribution in [0, 0.1) is 5.41 Å². The fourth-order valence-corrected chi connectivity index (χ4v) is 2.39. The molecule has 0 aliphatic carbocycles. The first-order valence-electron chi connectivity index (χ1n) is 6.41. The number of piperidine rings is 1. The van der Waals surface area contributed by atoms with Gasteiger partial charge in [0.2, 0.25) is 0 Å². The van der Waals surface area contributed by atoms with E-state index in [-0.39, 0.29) is 5.91 Å². The summed E-state index contributed by atoms with van der Waals surface area (Å²) in [7, 11) is 0. The van der Waals surface area contributed by atoms with E-state index in [0.29, 0.717) is 42.2 Å². The summed E-state index contributed by atoms with van der Waals surface area (Å²) in [5.74, 6) is -0.943. The molecule has 1 aliphatic rings. The molecule has 2 rings (SSSR count). The highest BCUT2D eigenvalue weighted by Crippen LogP contribution is 2.32. The Balaban J connectivity index is 2.08. The van der Waals surface area contributed by atoms with Crippen molar-refractivity contribution in [1.29, 1.82) is 0 Å². The molecule has 1 fully saturated rings. The van der Waals surface area contributed by atoms with E-state index in [4.69, 9.17) is 17.3 Å². The second kappa shape index (κ2) is 5.32. The van der Waals surface area contributed by atoms with E-state index in [9.17, 15) is 14.7 Å². The smallest absolute Gasteiger partial charge is 0.309 e. The average Bonchev–Trinajstić information content (AvgIpc) is 2.42. The van der Waals surface area contributed by atoms with Gasteiger partial charge in [0.15, 0.2) is 0 Å². The first-order valence-corrected chi connectivity index (χ1v) is 6.79. The highest BCUT2D eigenvalue weighted by molar-refractivity contribution is 6.33. The number of anilines is 1. The topological polar surface area (TPSA) is 83.6 Å². The van der Waals surface area contributed by atoms with Gasteiger partial charge in [0.1, 0.15) is 0 Å². The molecular formula is C14H17ClN2O3. The number of nitrogens with two attached hydrogens (primary N) is 1. The molecule has 1 aromatic rings. The molecule has 0 atom stereocenters. The maximum absolute atomic E-state index is 12.3. The Morgan fingerprint density at radius 2 is 1.95 bits per heavy atom. The number of carboxylic acids is 1. The van der Waals surface area contributed by atoms with Crippen LogP contribution in [0.4, 0.5) is 5.69 Å². The number of halogens is 1. The minimum atomic E-state index is -0.805. The molecule has 1 aromatic carbocycles. The number of aliphatic carboxylic acids is 1. The molecule has 0 unspecified atom stereocenters. The Morgan fingerprint density at radius 1 is 1.35 bits per heavy atom. The molecule has 1 saturated heterocycles. The summed E-state index contributed by atoms with van der Waals surface area (Å²) >= 11 is 5.83. The first kappa shape index (κ1) is 14.7. The van der Waals surface area contributed by atoms with Crippen molar-refractivity contribution in [2.24, 2.45) is 5.41 Å². The number of carbonyl (C=O) groups excluding carboxylic acids is 1. The van der Waals surface area contributed by atoms with E-state index in [1.165, 1.54) is 0 Å². The Morgan fingerprint density at radius 3 is 2.45 bits per heavy atom. The molecule has 1 heterocycles. The highest BCUT2D eigenvalue weighted by atomic mass is 35.5. The van der Waals surface area contributed by atoms with Crippen molar-refractivity contribution in [3.63, 3.8) is 0 Å². The van der Waals surface area contributed by atoms with E-state index in [2.05, 4.69) is 0 Å². The second-order valence-electron chi connectivity index (χ2n) is 5.39. The summed E-state index contributed by atoms with van der Waals surface area (Å²) in [6, 6.07) is 4.77. The first-order chi connectivity index (χ1) is 9.33. The van der Waals surface area contributed by atoms with Crippen LogP contribution in [0.2, 0.25) is 5.02 Å². The summed E-state index contributed by atoms with van der Waals surface area (Å²) in [5.41, 5.74) is 5.79. The lowest BCUT2D eigenvalue weighted by Gasteiger charge is -2.36. The highest BCUT2D eigenvalue weighted by Gasteiger charge is 2.38. The Bertz CT molecular complexity index is 551.